The fourth-order valence-electron chi connectivity index (χ4n) is 2.07. The Morgan fingerprint density at radius 2 is 2.22 bits per heavy atom. The minimum Gasteiger partial charge on any atom is -0.369 e. The van der Waals surface area contributed by atoms with Gasteiger partial charge >= 0.3 is 0 Å². The molecule has 100 valence electrons. The zero-order chi connectivity index (χ0) is 13.0. The van der Waals surface area contributed by atoms with Gasteiger partial charge in [-0.05, 0) is 54.8 Å². The summed E-state index contributed by atoms with van der Waals surface area (Å²) in [5.74, 6) is 7.21. The van der Waals surface area contributed by atoms with Crippen LogP contribution in [0.2, 0.25) is 0 Å². The Hall–Kier alpha value is -0.920. The molecule has 2 heterocycles. The van der Waals surface area contributed by atoms with E-state index in [1.807, 2.05) is 0 Å². The maximum atomic E-state index is 5.30. The molecule has 0 unspecified atom stereocenters. The number of piperidine rings is 1. The quantitative estimate of drug-likeness (QED) is 0.574. The zero-order valence-corrected chi connectivity index (χ0v) is 12.1. The van der Waals surface area contributed by atoms with Gasteiger partial charge in [-0.15, -0.1) is 0 Å². The maximum Gasteiger partial charge on any atom is 0.239 e. The molecule has 6 nitrogen and oxygen atoms in total. The summed E-state index contributed by atoms with van der Waals surface area (Å²) in [5, 5.41) is 3.36. The Labute approximate surface area is 115 Å². The number of hydrogen-bond donors (Lipinski definition) is 3. The van der Waals surface area contributed by atoms with Crippen molar-refractivity contribution >= 4 is 27.7 Å². The third kappa shape index (κ3) is 3.54. The van der Waals surface area contributed by atoms with Gasteiger partial charge in [-0.25, -0.2) is 10.8 Å². The summed E-state index contributed by atoms with van der Waals surface area (Å²) in [6.07, 6.45) is 4.15. The third-order valence-corrected chi connectivity index (χ3v) is 3.85. The number of nitrogen functional groups attached to an aromatic ring is 1. The smallest absolute Gasteiger partial charge is 0.239 e. The SMILES string of the molecule is CN1CCC(CNc2nc(NN)ncc2Br)CC1. The molecule has 1 saturated heterocycles. The summed E-state index contributed by atoms with van der Waals surface area (Å²) < 4.78 is 0.856. The number of nitrogens with two attached hydrogens (primary N) is 1. The van der Waals surface area contributed by atoms with Gasteiger partial charge in [0.15, 0.2) is 0 Å². The number of halogens is 1. The highest BCUT2D eigenvalue weighted by Gasteiger charge is 2.16. The number of hydrogen-bond acceptors (Lipinski definition) is 6. The number of nitrogens with one attached hydrogen (secondary N) is 2. The molecule has 0 radical (unpaired) electrons. The number of likely N-dealkylation sites (tertiary alicyclic amines) is 1. The second kappa shape index (κ2) is 6.31. The van der Waals surface area contributed by atoms with E-state index in [0.717, 1.165) is 16.8 Å². The summed E-state index contributed by atoms with van der Waals surface area (Å²) in [4.78, 5) is 10.7. The fourth-order valence-corrected chi connectivity index (χ4v) is 2.40. The second-order valence-corrected chi connectivity index (χ2v) is 5.52. The van der Waals surface area contributed by atoms with Crippen molar-refractivity contribution in [1.82, 2.24) is 14.9 Å². The minimum absolute atomic E-state index is 0.420. The summed E-state index contributed by atoms with van der Waals surface area (Å²) in [6.45, 7) is 3.28. The molecule has 18 heavy (non-hydrogen) atoms. The predicted molar refractivity (Wildman–Crippen MR) is 76.3 cm³/mol. The lowest BCUT2D eigenvalue weighted by Crippen LogP contribution is -2.33. The van der Waals surface area contributed by atoms with Crippen molar-refractivity contribution in [2.75, 3.05) is 37.4 Å². The van der Waals surface area contributed by atoms with Gasteiger partial charge in [0.2, 0.25) is 5.95 Å². The minimum atomic E-state index is 0.420. The van der Waals surface area contributed by atoms with Gasteiger partial charge in [0.25, 0.3) is 0 Å². The van der Waals surface area contributed by atoms with Gasteiger partial charge in [-0.1, -0.05) is 0 Å². The van der Waals surface area contributed by atoms with Gasteiger partial charge in [-0.2, -0.15) is 4.98 Å². The molecule has 1 aromatic rings. The van der Waals surface area contributed by atoms with Gasteiger partial charge < -0.3 is 10.2 Å². The Morgan fingerprint density at radius 3 is 2.89 bits per heavy atom. The van der Waals surface area contributed by atoms with E-state index in [2.05, 4.69) is 48.6 Å². The normalized spacial score (nSPS) is 17.7. The molecule has 0 amide bonds. The highest BCUT2D eigenvalue weighted by molar-refractivity contribution is 9.10. The molecule has 0 atom stereocenters. The molecule has 1 aliphatic rings. The number of aromatic nitrogens is 2. The first-order chi connectivity index (χ1) is 8.69. The lowest BCUT2D eigenvalue weighted by atomic mass is 9.97. The lowest BCUT2D eigenvalue weighted by Gasteiger charge is -2.29. The number of nitrogens with zero attached hydrogens (tertiary/aromatic N) is 3. The molecule has 1 fully saturated rings. The Morgan fingerprint density at radius 1 is 1.50 bits per heavy atom. The van der Waals surface area contributed by atoms with E-state index in [1.165, 1.54) is 25.9 Å². The molecule has 0 aromatic carbocycles. The van der Waals surface area contributed by atoms with Crippen molar-refractivity contribution in [1.29, 1.82) is 0 Å². The van der Waals surface area contributed by atoms with Crippen LogP contribution in [0.3, 0.4) is 0 Å². The van der Waals surface area contributed by atoms with E-state index in [1.54, 1.807) is 6.20 Å². The maximum absolute atomic E-state index is 5.30. The zero-order valence-electron chi connectivity index (χ0n) is 10.5. The van der Waals surface area contributed by atoms with Gasteiger partial charge in [0.05, 0.1) is 4.47 Å². The average molecular weight is 315 g/mol. The summed E-state index contributed by atoms with van der Waals surface area (Å²) in [7, 11) is 2.17. The van der Waals surface area contributed by atoms with E-state index >= 15 is 0 Å². The summed E-state index contributed by atoms with van der Waals surface area (Å²) >= 11 is 3.43. The van der Waals surface area contributed by atoms with Crippen LogP contribution in [0.25, 0.3) is 0 Å². The largest absolute Gasteiger partial charge is 0.369 e. The van der Waals surface area contributed by atoms with E-state index in [4.69, 9.17) is 5.84 Å². The fraction of sp³-hybridized carbons (Fsp3) is 0.636. The molecule has 1 aliphatic heterocycles. The van der Waals surface area contributed by atoms with Crippen LogP contribution in [0.1, 0.15) is 12.8 Å². The average Bonchev–Trinajstić information content (AvgIpc) is 2.40. The molecule has 1 aromatic heterocycles. The van der Waals surface area contributed by atoms with Gasteiger partial charge in [0, 0.05) is 12.7 Å². The molecule has 4 N–H and O–H groups in total. The van der Waals surface area contributed by atoms with Crippen molar-refractivity contribution in [2.45, 2.75) is 12.8 Å². The van der Waals surface area contributed by atoms with Gasteiger partial charge in [0.1, 0.15) is 5.82 Å². The Kier molecular flexibility index (Phi) is 4.73. The van der Waals surface area contributed by atoms with Crippen LogP contribution >= 0.6 is 15.9 Å². The first-order valence-electron chi connectivity index (χ1n) is 6.10. The van der Waals surface area contributed by atoms with Crippen LogP contribution in [0, 0.1) is 5.92 Å². The van der Waals surface area contributed by atoms with Crippen molar-refractivity contribution in [3.8, 4) is 0 Å². The van der Waals surface area contributed by atoms with E-state index in [9.17, 15) is 0 Å². The first-order valence-corrected chi connectivity index (χ1v) is 6.90. The Bertz CT molecular complexity index is 391. The molecule has 0 bridgehead atoms. The Balaban J connectivity index is 1.89. The highest BCUT2D eigenvalue weighted by Crippen LogP contribution is 2.22. The van der Waals surface area contributed by atoms with Crippen molar-refractivity contribution in [3.05, 3.63) is 10.7 Å². The van der Waals surface area contributed by atoms with Crippen LogP contribution < -0.4 is 16.6 Å². The van der Waals surface area contributed by atoms with Crippen LogP contribution in [0.4, 0.5) is 11.8 Å². The van der Waals surface area contributed by atoms with Crippen molar-refractivity contribution < 1.29 is 0 Å². The number of rotatable bonds is 4. The number of anilines is 2. The van der Waals surface area contributed by atoms with Crippen LogP contribution in [0.5, 0.6) is 0 Å². The van der Waals surface area contributed by atoms with Crippen molar-refractivity contribution in [2.24, 2.45) is 11.8 Å². The van der Waals surface area contributed by atoms with E-state index in [-0.39, 0.29) is 0 Å². The van der Waals surface area contributed by atoms with Crippen molar-refractivity contribution in [3.63, 3.8) is 0 Å². The van der Waals surface area contributed by atoms with Crippen LogP contribution in [-0.4, -0.2) is 41.5 Å². The number of hydrazine groups is 1. The molecule has 0 saturated carbocycles. The molecule has 0 aliphatic carbocycles. The summed E-state index contributed by atoms with van der Waals surface area (Å²) in [6, 6.07) is 0. The standard InChI is InChI=1S/C11H19BrN6/c1-18-4-2-8(3-5-18)6-14-10-9(12)7-15-11(16-10)17-13/h7-8H,2-6,13H2,1H3,(H2,14,15,16,17). The molecular weight excluding hydrogens is 296 g/mol. The van der Waals surface area contributed by atoms with E-state index in [0.29, 0.717) is 11.9 Å². The van der Waals surface area contributed by atoms with Crippen LogP contribution in [-0.2, 0) is 0 Å². The lowest BCUT2D eigenvalue weighted by molar-refractivity contribution is 0.226. The van der Waals surface area contributed by atoms with Gasteiger partial charge in [-0.3, -0.25) is 5.43 Å². The second-order valence-electron chi connectivity index (χ2n) is 4.66. The molecule has 7 heteroatoms. The van der Waals surface area contributed by atoms with Crippen LogP contribution in [0.15, 0.2) is 10.7 Å². The first kappa shape index (κ1) is 13.5. The summed E-state index contributed by atoms with van der Waals surface area (Å²) in [5.41, 5.74) is 2.45. The third-order valence-electron chi connectivity index (χ3n) is 3.27. The highest BCUT2D eigenvalue weighted by atomic mass is 79.9. The predicted octanol–water partition coefficient (Wildman–Crippen LogP) is 1.28. The molecule has 0 spiro atoms. The molecule has 2 rings (SSSR count). The monoisotopic (exact) mass is 314 g/mol. The topological polar surface area (TPSA) is 79.1 Å². The van der Waals surface area contributed by atoms with E-state index < -0.39 is 0 Å². The molecular formula is C11H19BrN6.